The highest BCUT2D eigenvalue weighted by Crippen LogP contribution is 2.20. The number of esters is 1. The van der Waals surface area contributed by atoms with Crippen molar-refractivity contribution in [2.75, 3.05) is 47.4 Å². The Labute approximate surface area is 123 Å². The predicted octanol–water partition coefficient (Wildman–Crippen LogP) is 0.944. The van der Waals surface area contributed by atoms with Gasteiger partial charge in [-0.3, -0.25) is 9.69 Å². The van der Waals surface area contributed by atoms with Crippen LogP contribution in [0.4, 0.5) is 0 Å². The Morgan fingerprint density at radius 3 is 2.55 bits per heavy atom. The Morgan fingerprint density at radius 1 is 1.40 bits per heavy atom. The quantitative estimate of drug-likeness (QED) is 0.736. The summed E-state index contributed by atoms with van der Waals surface area (Å²) < 4.78 is 4.87. The third-order valence-corrected chi connectivity index (χ3v) is 4.73. The Kier molecular flexibility index (Phi) is 5.98. The number of methoxy groups -OCH3 is 1. The molecule has 0 spiro atoms. The van der Waals surface area contributed by atoms with E-state index < -0.39 is 5.54 Å². The van der Waals surface area contributed by atoms with Crippen molar-refractivity contribution in [2.45, 2.75) is 44.7 Å². The van der Waals surface area contributed by atoms with Gasteiger partial charge < -0.3 is 15.0 Å². The van der Waals surface area contributed by atoms with Crippen LogP contribution in [0.3, 0.4) is 0 Å². The van der Waals surface area contributed by atoms with Crippen molar-refractivity contribution in [1.29, 1.82) is 0 Å². The summed E-state index contributed by atoms with van der Waals surface area (Å²) >= 11 is 0. The lowest BCUT2D eigenvalue weighted by molar-refractivity contribution is -0.148. The zero-order chi connectivity index (χ0) is 15.4. The van der Waals surface area contributed by atoms with E-state index in [9.17, 15) is 4.79 Å². The van der Waals surface area contributed by atoms with Gasteiger partial charge in [0.1, 0.15) is 5.54 Å². The normalized spacial score (nSPS) is 23.3. The second-order valence-corrected chi connectivity index (χ2v) is 6.69. The van der Waals surface area contributed by atoms with Crippen LogP contribution in [-0.2, 0) is 9.53 Å². The summed E-state index contributed by atoms with van der Waals surface area (Å²) in [6.07, 6.45) is 1.79. The Hall–Kier alpha value is -0.650. The van der Waals surface area contributed by atoms with E-state index in [0.29, 0.717) is 0 Å². The van der Waals surface area contributed by atoms with Crippen LogP contribution in [0.5, 0.6) is 0 Å². The predicted molar refractivity (Wildman–Crippen MR) is 81.9 cm³/mol. The maximum atomic E-state index is 11.8. The van der Waals surface area contributed by atoms with Gasteiger partial charge in [0.05, 0.1) is 7.11 Å². The molecule has 0 saturated carbocycles. The summed E-state index contributed by atoms with van der Waals surface area (Å²) in [5.41, 5.74) is -0.343. The molecule has 1 fully saturated rings. The summed E-state index contributed by atoms with van der Waals surface area (Å²) in [5.74, 6) is -0.182. The number of carbonyl (C=O) groups excluding carboxylic acids is 1. The molecule has 1 heterocycles. The molecule has 1 N–H and O–H groups in total. The number of carbonyl (C=O) groups is 1. The maximum absolute atomic E-state index is 11.8. The van der Waals surface area contributed by atoms with Crippen molar-refractivity contribution in [2.24, 2.45) is 0 Å². The third kappa shape index (κ3) is 4.17. The van der Waals surface area contributed by atoms with Crippen molar-refractivity contribution < 1.29 is 9.53 Å². The monoisotopic (exact) mass is 285 g/mol. The molecule has 1 unspecified atom stereocenters. The molecule has 0 aromatic heterocycles. The largest absolute Gasteiger partial charge is 0.468 e. The minimum Gasteiger partial charge on any atom is -0.468 e. The molecule has 0 aromatic carbocycles. The Morgan fingerprint density at radius 2 is 2.05 bits per heavy atom. The first kappa shape index (κ1) is 17.4. The summed E-state index contributed by atoms with van der Waals surface area (Å²) in [6.45, 7) is 10.8. The molecule has 5 heteroatoms. The van der Waals surface area contributed by atoms with Gasteiger partial charge in [0.25, 0.3) is 0 Å². The molecule has 0 aromatic rings. The van der Waals surface area contributed by atoms with Gasteiger partial charge in [-0.05, 0) is 54.3 Å². The smallest absolute Gasteiger partial charge is 0.325 e. The van der Waals surface area contributed by atoms with Crippen molar-refractivity contribution >= 4 is 5.97 Å². The molecular formula is C15H31N3O2. The average Bonchev–Trinajstić information content (AvgIpc) is 2.41. The first-order valence-electron chi connectivity index (χ1n) is 7.46. The molecule has 1 aliphatic rings. The zero-order valence-electron chi connectivity index (χ0n) is 14.0. The fraction of sp³-hybridized carbons (Fsp3) is 0.933. The molecule has 0 bridgehead atoms. The lowest BCUT2D eigenvalue weighted by Crippen LogP contribution is -2.57. The van der Waals surface area contributed by atoms with Gasteiger partial charge in [-0.2, -0.15) is 0 Å². The molecule has 1 saturated heterocycles. The van der Waals surface area contributed by atoms with E-state index in [2.05, 4.69) is 36.0 Å². The number of hydrogen-bond donors (Lipinski definition) is 1. The molecule has 1 aliphatic heterocycles. The van der Waals surface area contributed by atoms with E-state index in [1.165, 1.54) is 7.11 Å². The number of piperazine rings is 1. The minimum absolute atomic E-state index is 0.182. The highest BCUT2D eigenvalue weighted by atomic mass is 16.5. The molecular weight excluding hydrogens is 254 g/mol. The van der Waals surface area contributed by atoms with Crippen LogP contribution in [0.1, 0.15) is 33.6 Å². The molecule has 20 heavy (non-hydrogen) atoms. The standard InChI is InChI=1S/C15H31N3O2/c1-14(2)12-18(11-10-17(14)5)9-7-8-15(3,16-4)13(19)20-6/h16H,7-12H2,1-6H3. The fourth-order valence-electron chi connectivity index (χ4n) is 2.74. The second kappa shape index (κ2) is 6.87. The SMILES string of the molecule is CNC(C)(CCCN1CCN(C)C(C)(C)C1)C(=O)OC. The average molecular weight is 285 g/mol. The van der Waals surface area contributed by atoms with Crippen LogP contribution in [0.15, 0.2) is 0 Å². The highest BCUT2D eigenvalue weighted by molar-refractivity contribution is 5.80. The van der Waals surface area contributed by atoms with Gasteiger partial charge in [0, 0.05) is 25.2 Å². The van der Waals surface area contributed by atoms with Gasteiger partial charge >= 0.3 is 5.97 Å². The van der Waals surface area contributed by atoms with Gasteiger partial charge in [-0.15, -0.1) is 0 Å². The van der Waals surface area contributed by atoms with E-state index in [4.69, 9.17) is 4.74 Å². The lowest BCUT2D eigenvalue weighted by Gasteiger charge is -2.45. The summed E-state index contributed by atoms with van der Waals surface area (Å²) in [7, 11) is 5.45. The molecule has 1 rings (SSSR count). The van der Waals surface area contributed by atoms with Gasteiger partial charge in [0.2, 0.25) is 0 Å². The number of nitrogens with one attached hydrogen (secondary N) is 1. The first-order valence-corrected chi connectivity index (χ1v) is 7.46. The van der Waals surface area contributed by atoms with Gasteiger partial charge in [-0.25, -0.2) is 0 Å². The fourth-order valence-corrected chi connectivity index (χ4v) is 2.74. The molecule has 0 aliphatic carbocycles. The van der Waals surface area contributed by atoms with Crippen LogP contribution in [0, 0.1) is 0 Å². The summed E-state index contributed by atoms with van der Waals surface area (Å²) in [5, 5.41) is 3.09. The van der Waals surface area contributed by atoms with E-state index in [-0.39, 0.29) is 11.5 Å². The third-order valence-electron chi connectivity index (χ3n) is 4.73. The number of ether oxygens (including phenoxy) is 1. The van der Waals surface area contributed by atoms with Crippen LogP contribution < -0.4 is 5.32 Å². The summed E-state index contributed by atoms with van der Waals surface area (Å²) in [6, 6.07) is 0. The summed E-state index contributed by atoms with van der Waals surface area (Å²) in [4.78, 5) is 16.7. The topological polar surface area (TPSA) is 44.8 Å². The van der Waals surface area contributed by atoms with Crippen LogP contribution >= 0.6 is 0 Å². The zero-order valence-corrected chi connectivity index (χ0v) is 14.0. The van der Waals surface area contributed by atoms with Crippen LogP contribution in [0.2, 0.25) is 0 Å². The van der Waals surface area contributed by atoms with E-state index >= 15 is 0 Å². The van der Waals surface area contributed by atoms with E-state index in [1.807, 2.05) is 14.0 Å². The van der Waals surface area contributed by atoms with Crippen molar-refractivity contribution in [3.8, 4) is 0 Å². The number of likely N-dealkylation sites (N-methyl/N-ethyl adjacent to an activating group) is 2. The number of nitrogens with zero attached hydrogens (tertiary/aromatic N) is 2. The first-order chi connectivity index (χ1) is 9.25. The Balaban J connectivity index is 2.42. The van der Waals surface area contributed by atoms with Crippen LogP contribution in [0.25, 0.3) is 0 Å². The van der Waals surface area contributed by atoms with Crippen molar-refractivity contribution in [3.63, 3.8) is 0 Å². The van der Waals surface area contributed by atoms with Gasteiger partial charge in [0.15, 0.2) is 0 Å². The van der Waals surface area contributed by atoms with E-state index in [0.717, 1.165) is 39.0 Å². The lowest BCUT2D eigenvalue weighted by atomic mass is 9.95. The second-order valence-electron chi connectivity index (χ2n) is 6.69. The number of rotatable bonds is 6. The molecule has 5 nitrogen and oxygen atoms in total. The van der Waals surface area contributed by atoms with Crippen molar-refractivity contribution in [3.05, 3.63) is 0 Å². The van der Waals surface area contributed by atoms with E-state index in [1.54, 1.807) is 0 Å². The Bertz CT molecular complexity index is 333. The maximum Gasteiger partial charge on any atom is 0.325 e. The number of hydrogen-bond acceptors (Lipinski definition) is 5. The van der Waals surface area contributed by atoms with Crippen LogP contribution in [-0.4, -0.2) is 74.2 Å². The molecule has 1 atom stereocenters. The highest BCUT2D eigenvalue weighted by Gasteiger charge is 2.33. The molecule has 0 radical (unpaired) electrons. The van der Waals surface area contributed by atoms with Gasteiger partial charge in [-0.1, -0.05) is 0 Å². The van der Waals surface area contributed by atoms with Crippen molar-refractivity contribution in [1.82, 2.24) is 15.1 Å². The minimum atomic E-state index is -0.573. The molecule has 0 amide bonds. The molecule has 118 valence electrons.